The standard InChI is InChI=1S/C13H20OSi/c1-2-11-6-8-12(9-7-11)15-13-5-3-4-10-14-13/h6-9,13H,2-5,10,15H2,1H3. The van der Waals surface area contributed by atoms with Crippen molar-refractivity contribution in [1.82, 2.24) is 0 Å². The van der Waals surface area contributed by atoms with Crippen LogP contribution in [0.15, 0.2) is 24.3 Å². The van der Waals surface area contributed by atoms with E-state index < -0.39 is 0 Å². The summed E-state index contributed by atoms with van der Waals surface area (Å²) in [6.45, 7) is 3.20. The maximum absolute atomic E-state index is 5.80. The lowest BCUT2D eigenvalue weighted by molar-refractivity contribution is 0.0660. The van der Waals surface area contributed by atoms with Crippen LogP contribution in [0.25, 0.3) is 0 Å². The van der Waals surface area contributed by atoms with Gasteiger partial charge in [-0.3, -0.25) is 0 Å². The van der Waals surface area contributed by atoms with E-state index in [2.05, 4.69) is 31.2 Å². The van der Waals surface area contributed by atoms with Crippen molar-refractivity contribution in [3.05, 3.63) is 29.8 Å². The molecule has 1 atom stereocenters. The Morgan fingerprint density at radius 2 is 2.07 bits per heavy atom. The fourth-order valence-electron chi connectivity index (χ4n) is 2.14. The first-order valence-corrected chi connectivity index (χ1v) is 7.60. The zero-order chi connectivity index (χ0) is 10.5. The van der Waals surface area contributed by atoms with Gasteiger partial charge in [-0.05, 0) is 31.2 Å². The van der Waals surface area contributed by atoms with Crippen LogP contribution in [0.2, 0.25) is 0 Å². The Morgan fingerprint density at radius 1 is 1.27 bits per heavy atom. The van der Waals surface area contributed by atoms with E-state index in [9.17, 15) is 0 Å². The van der Waals surface area contributed by atoms with Crippen molar-refractivity contribution in [1.29, 1.82) is 0 Å². The molecule has 0 saturated carbocycles. The highest BCUT2D eigenvalue weighted by atomic mass is 28.2. The molecule has 2 heteroatoms. The number of hydrogen-bond donors (Lipinski definition) is 0. The lowest BCUT2D eigenvalue weighted by Crippen LogP contribution is -2.33. The third kappa shape index (κ3) is 3.18. The van der Waals surface area contributed by atoms with Crippen LogP contribution >= 0.6 is 0 Å². The highest BCUT2D eigenvalue weighted by Crippen LogP contribution is 2.11. The molecule has 2 rings (SSSR count). The van der Waals surface area contributed by atoms with Crippen molar-refractivity contribution in [2.75, 3.05) is 6.61 Å². The van der Waals surface area contributed by atoms with E-state index in [4.69, 9.17) is 4.74 Å². The van der Waals surface area contributed by atoms with E-state index in [1.165, 1.54) is 24.8 Å². The molecule has 0 aliphatic carbocycles. The van der Waals surface area contributed by atoms with E-state index >= 15 is 0 Å². The Balaban J connectivity index is 1.91. The molecule has 1 aromatic rings. The Bertz CT molecular complexity index is 288. The number of hydrogen-bond acceptors (Lipinski definition) is 1. The molecule has 0 bridgehead atoms. The van der Waals surface area contributed by atoms with Crippen molar-refractivity contribution < 1.29 is 4.74 Å². The topological polar surface area (TPSA) is 9.23 Å². The van der Waals surface area contributed by atoms with Crippen molar-refractivity contribution in [3.63, 3.8) is 0 Å². The Kier molecular flexibility index (Phi) is 3.98. The molecule has 82 valence electrons. The molecule has 15 heavy (non-hydrogen) atoms. The number of ether oxygens (including phenoxy) is 1. The van der Waals surface area contributed by atoms with Crippen molar-refractivity contribution in [2.45, 2.75) is 38.3 Å². The van der Waals surface area contributed by atoms with Gasteiger partial charge < -0.3 is 4.74 Å². The maximum atomic E-state index is 5.80. The van der Waals surface area contributed by atoms with E-state index in [1.807, 2.05) is 0 Å². The second-order valence-corrected chi connectivity index (χ2v) is 6.50. The highest BCUT2D eigenvalue weighted by Gasteiger charge is 2.14. The van der Waals surface area contributed by atoms with Crippen LogP contribution in [-0.4, -0.2) is 21.9 Å². The molecule has 0 N–H and O–H groups in total. The zero-order valence-electron chi connectivity index (χ0n) is 9.54. The molecule has 0 radical (unpaired) electrons. The third-order valence-electron chi connectivity index (χ3n) is 3.17. The van der Waals surface area contributed by atoms with Crippen molar-refractivity contribution in [2.24, 2.45) is 0 Å². The Morgan fingerprint density at radius 3 is 2.67 bits per heavy atom. The first-order chi connectivity index (χ1) is 7.38. The van der Waals surface area contributed by atoms with Crippen LogP contribution in [0.1, 0.15) is 31.7 Å². The molecule has 0 amide bonds. The van der Waals surface area contributed by atoms with Gasteiger partial charge >= 0.3 is 0 Å². The summed E-state index contributed by atoms with van der Waals surface area (Å²) in [6.07, 6.45) is 5.06. The molecule has 1 fully saturated rings. The molecule has 1 aliphatic rings. The summed E-state index contributed by atoms with van der Waals surface area (Å²) < 4.78 is 5.80. The molecular weight excluding hydrogens is 200 g/mol. The lowest BCUT2D eigenvalue weighted by atomic mass is 10.2. The summed E-state index contributed by atoms with van der Waals surface area (Å²) in [5.41, 5.74) is 2.04. The number of rotatable bonds is 3. The van der Waals surface area contributed by atoms with E-state index in [0.717, 1.165) is 13.0 Å². The summed E-state index contributed by atoms with van der Waals surface area (Å²) in [4.78, 5) is 0. The first-order valence-electron chi connectivity index (χ1n) is 6.08. The molecule has 1 saturated heterocycles. The SMILES string of the molecule is CCc1ccc([SiH2]C2CCCCO2)cc1. The van der Waals surface area contributed by atoms with Gasteiger partial charge in [0.15, 0.2) is 0 Å². The molecule has 0 spiro atoms. The quantitative estimate of drug-likeness (QED) is 0.703. The molecule has 1 aromatic carbocycles. The number of benzene rings is 1. The minimum atomic E-state index is -0.203. The van der Waals surface area contributed by atoms with Crippen molar-refractivity contribution >= 4 is 14.7 Å². The predicted octanol–water partition coefficient (Wildman–Crippen LogP) is 1.57. The van der Waals surface area contributed by atoms with Gasteiger partial charge in [-0.2, -0.15) is 0 Å². The zero-order valence-corrected chi connectivity index (χ0v) is 11.0. The van der Waals surface area contributed by atoms with Gasteiger partial charge in [0.05, 0.1) is 9.52 Å². The highest BCUT2D eigenvalue weighted by molar-refractivity contribution is 6.54. The smallest absolute Gasteiger partial charge is 0.0887 e. The summed E-state index contributed by atoms with van der Waals surface area (Å²) in [5, 5.41) is 1.55. The normalized spacial score (nSPS) is 22.3. The molecule has 1 nitrogen and oxygen atoms in total. The van der Waals surface area contributed by atoms with Gasteiger partial charge in [0.2, 0.25) is 0 Å². The summed E-state index contributed by atoms with van der Waals surface area (Å²) in [5.74, 6) is 0. The maximum Gasteiger partial charge on any atom is 0.0887 e. The second kappa shape index (κ2) is 5.47. The molecule has 1 unspecified atom stereocenters. The largest absolute Gasteiger partial charge is 0.382 e. The van der Waals surface area contributed by atoms with E-state index in [-0.39, 0.29) is 9.52 Å². The van der Waals surface area contributed by atoms with Gasteiger partial charge in [0, 0.05) is 12.3 Å². The average molecular weight is 220 g/mol. The predicted molar refractivity (Wildman–Crippen MR) is 67.6 cm³/mol. The Labute approximate surface area is 94.7 Å². The van der Waals surface area contributed by atoms with Gasteiger partial charge in [0.1, 0.15) is 0 Å². The van der Waals surface area contributed by atoms with Crippen LogP contribution in [0.4, 0.5) is 0 Å². The second-order valence-electron chi connectivity index (χ2n) is 4.36. The average Bonchev–Trinajstić information content (AvgIpc) is 2.31. The molecule has 1 aliphatic heterocycles. The van der Waals surface area contributed by atoms with Crippen molar-refractivity contribution in [3.8, 4) is 0 Å². The lowest BCUT2D eigenvalue weighted by Gasteiger charge is -2.22. The van der Waals surface area contributed by atoms with E-state index in [1.54, 1.807) is 5.19 Å². The summed E-state index contributed by atoms with van der Waals surface area (Å²) >= 11 is 0. The molecule has 1 heterocycles. The fourth-order valence-corrected chi connectivity index (χ4v) is 3.95. The van der Waals surface area contributed by atoms with Gasteiger partial charge in [0.25, 0.3) is 0 Å². The Hall–Kier alpha value is -0.603. The molecular formula is C13H20OSi. The van der Waals surface area contributed by atoms with Crippen LogP contribution < -0.4 is 5.19 Å². The van der Waals surface area contributed by atoms with Crippen LogP contribution in [0.3, 0.4) is 0 Å². The van der Waals surface area contributed by atoms with Gasteiger partial charge in [-0.15, -0.1) is 0 Å². The number of aryl methyl sites for hydroxylation is 1. The third-order valence-corrected chi connectivity index (χ3v) is 5.21. The van der Waals surface area contributed by atoms with Crippen LogP contribution in [0.5, 0.6) is 0 Å². The monoisotopic (exact) mass is 220 g/mol. The van der Waals surface area contributed by atoms with Crippen LogP contribution in [-0.2, 0) is 11.2 Å². The minimum Gasteiger partial charge on any atom is -0.382 e. The molecule has 0 aromatic heterocycles. The van der Waals surface area contributed by atoms with Gasteiger partial charge in [-0.1, -0.05) is 36.4 Å². The van der Waals surface area contributed by atoms with E-state index in [0.29, 0.717) is 5.73 Å². The minimum absolute atomic E-state index is 0.203. The first kappa shape index (κ1) is 10.9. The van der Waals surface area contributed by atoms with Gasteiger partial charge in [-0.25, -0.2) is 0 Å². The fraction of sp³-hybridized carbons (Fsp3) is 0.538. The summed E-state index contributed by atoms with van der Waals surface area (Å²) in [7, 11) is -0.203. The summed E-state index contributed by atoms with van der Waals surface area (Å²) in [6, 6.07) is 9.16. The van der Waals surface area contributed by atoms with Crippen LogP contribution in [0, 0.1) is 0 Å².